The summed E-state index contributed by atoms with van der Waals surface area (Å²) in [5.41, 5.74) is 9.92. The van der Waals surface area contributed by atoms with Crippen LogP contribution in [-0.4, -0.2) is 6.04 Å². The van der Waals surface area contributed by atoms with Crippen molar-refractivity contribution in [3.63, 3.8) is 0 Å². The summed E-state index contributed by atoms with van der Waals surface area (Å²) in [7, 11) is 0. The fraction of sp³-hybridized carbons (Fsp3) is 0.429. The Morgan fingerprint density at radius 2 is 1.93 bits per heavy atom. The molecule has 1 unspecified atom stereocenters. The minimum absolute atomic E-state index is 0.208. The Kier molecular flexibility index (Phi) is 4.57. The third-order valence-electron chi connectivity index (χ3n) is 2.67. The van der Waals surface area contributed by atoms with E-state index in [0.717, 1.165) is 19.3 Å². The smallest absolute Gasteiger partial charge is 0.0117 e. The van der Waals surface area contributed by atoms with Crippen molar-refractivity contribution < 1.29 is 0 Å². The Morgan fingerprint density at radius 3 is 2.47 bits per heavy atom. The summed E-state index contributed by atoms with van der Waals surface area (Å²) in [6.45, 7) is 8.21. The van der Waals surface area contributed by atoms with Crippen LogP contribution in [-0.2, 0) is 6.42 Å². The standard InChI is InChI=1S/C14H21N/c1-4-11(2)9-14(15)10-13-7-5-12(3)6-8-13/h5-8,14H,2,4,9-10,15H2,1,3H3. The maximum atomic E-state index is 6.06. The number of hydrogen-bond acceptors (Lipinski definition) is 1. The van der Waals surface area contributed by atoms with Crippen molar-refractivity contribution in [2.24, 2.45) is 5.73 Å². The van der Waals surface area contributed by atoms with Gasteiger partial charge in [-0.05, 0) is 31.7 Å². The van der Waals surface area contributed by atoms with Crippen molar-refractivity contribution in [1.82, 2.24) is 0 Å². The predicted octanol–water partition coefficient (Wildman–Crippen LogP) is 3.22. The summed E-state index contributed by atoms with van der Waals surface area (Å²) in [4.78, 5) is 0. The second kappa shape index (κ2) is 5.72. The largest absolute Gasteiger partial charge is 0.327 e. The zero-order valence-corrected chi connectivity index (χ0v) is 9.79. The molecule has 1 aromatic carbocycles. The molecule has 0 amide bonds. The van der Waals surface area contributed by atoms with Crippen LogP contribution in [0.1, 0.15) is 30.9 Å². The lowest BCUT2D eigenvalue weighted by atomic mass is 9.99. The van der Waals surface area contributed by atoms with Crippen molar-refractivity contribution >= 4 is 0 Å². The SMILES string of the molecule is C=C(CC)CC(N)Cc1ccc(C)cc1. The summed E-state index contributed by atoms with van der Waals surface area (Å²) in [6.07, 6.45) is 2.91. The maximum absolute atomic E-state index is 6.06. The van der Waals surface area contributed by atoms with Crippen LogP contribution in [0.5, 0.6) is 0 Å². The molecule has 0 saturated carbocycles. The number of hydrogen-bond donors (Lipinski definition) is 1. The molecule has 0 aromatic heterocycles. The van der Waals surface area contributed by atoms with Crippen LogP contribution in [0, 0.1) is 6.92 Å². The molecule has 0 bridgehead atoms. The Labute approximate surface area is 93.0 Å². The van der Waals surface area contributed by atoms with Gasteiger partial charge in [0.2, 0.25) is 0 Å². The first-order valence-corrected chi connectivity index (χ1v) is 5.59. The van der Waals surface area contributed by atoms with Gasteiger partial charge in [0.1, 0.15) is 0 Å². The van der Waals surface area contributed by atoms with Crippen molar-refractivity contribution in [2.75, 3.05) is 0 Å². The number of aryl methyl sites for hydroxylation is 1. The van der Waals surface area contributed by atoms with Crippen molar-refractivity contribution in [1.29, 1.82) is 0 Å². The molecule has 1 nitrogen and oxygen atoms in total. The number of rotatable bonds is 5. The first kappa shape index (κ1) is 12.0. The highest BCUT2D eigenvalue weighted by Gasteiger charge is 2.05. The second-order valence-corrected chi connectivity index (χ2v) is 4.26. The van der Waals surface area contributed by atoms with E-state index in [-0.39, 0.29) is 6.04 Å². The molecule has 0 spiro atoms. The zero-order chi connectivity index (χ0) is 11.3. The minimum atomic E-state index is 0.208. The molecule has 82 valence electrons. The Bertz CT molecular complexity index is 311. The lowest BCUT2D eigenvalue weighted by Crippen LogP contribution is -2.23. The van der Waals surface area contributed by atoms with Crippen LogP contribution in [0.15, 0.2) is 36.4 Å². The first-order chi connectivity index (χ1) is 7.11. The van der Waals surface area contributed by atoms with Gasteiger partial charge in [-0.3, -0.25) is 0 Å². The molecule has 0 heterocycles. The van der Waals surface area contributed by atoms with E-state index < -0.39 is 0 Å². The van der Waals surface area contributed by atoms with Gasteiger partial charge in [0.05, 0.1) is 0 Å². The van der Waals surface area contributed by atoms with Gasteiger partial charge in [-0.1, -0.05) is 48.9 Å². The third-order valence-corrected chi connectivity index (χ3v) is 2.67. The van der Waals surface area contributed by atoms with Gasteiger partial charge < -0.3 is 5.73 Å². The molecule has 15 heavy (non-hydrogen) atoms. The van der Waals surface area contributed by atoms with Crippen molar-refractivity contribution in [2.45, 2.75) is 39.2 Å². The quantitative estimate of drug-likeness (QED) is 0.731. The van der Waals surface area contributed by atoms with E-state index in [1.165, 1.54) is 16.7 Å². The van der Waals surface area contributed by atoms with E-state index >= 15 is 0 Å². The van der Waals surface area contributed by atoms with Crippen LogP contribution in [0.2, 0.25) is 0 Å². The fourth-order valence-electron chi connectivity index (χ4n) is 1.61. The lowest BCUT2D eigenvalue weighted by Gasteiger charge is -2.12. The van der Waals surface area contributed by atoms with Gasteiger partial charge in [-0.15, -0.1) is 0 Å². The molecule has 0 radical (unpaired) electrons. The van der Waals surface area contributed by atoms with Crippen LogP contribution < -0.4 is 5.73 Å². The fourth-order valence-corrected chi connectivity index (χ4v) is 1.61. The summed E-state index contributed by atoms with van der Waals surface area (Å²) in [5, 5.41) is 0. The van der Waals surface area contributed by atoms with Crippen LogP contribution in [0.3, 0.4) is 0 Å². The Hall–Kier alpha value is -1.08. The second-order valence-electron chi connectivity index (χ2n) is 4.26. The van der Waals surface area contributed by atoms with Gasteiger partial charge in [0, 0.05) is 6.04 Å². The van der Waals surface area contributed by atoms with Gasteiger partial charge >= 0.3 is 0 Å². The number of nitrogens with two attached hydrogens (primary N) is 1. The van der Waals surface area contributed by atoms with E-state index in [4.69, 9.17) is 5.73 Å². The molecule has 0 aliphatic carbocycles. The molecule has 2 N–H and O–H groups in total. The molecule has 1 heteroatoms. The summed E-state index contributed by atoms with van der Waals surface area (Å²) in [5.74, 6) is 0. The minimum Gasteiger partial charge on any atom is -0.327 e. The molecule has 0 aliphatic heterocycles. The van der Waals surface area contributed by atoms with Crippen molar-refractivity contribution in [3.8, 4) is 0 Å². The highest BCUT2D eigenvalue weighted by Crippen LogP contribution is 2.11. The van der Waals surface area contributed by atoms with E-state index in [2.05, 4.69) is 44.7 Å². The van der Waals surface area contributed by atoms with Gasteiger partial charge in [-0.25, -0.2) is 0 Å². The molecule has 1 atom stereocenters. The summed E-state index contributed by atoms with van der Waals surface area (Å²) < 4.78 is 0. The average Bonchev–Trinajstić information content (AvgIpc) is 2.21. The molecule has 0 fully saturated rings. The lowest BCUT2D eigenvalue weighted by molar-refractivity contribution is 0.651. The molecule has 0 saturated heterocycles. The van der Waals surface area contributed by atoms with Gasteiger partial charge in [-0.2, -0.15) is 0 Å². The molecular weight excluding hydrogens is 182 g/mol. The third kappa shape index (κ3) is 4.30. The predicted molar refractivity (Wildman–Crippen MR) is 66.9 cm³/mol. The highest BCUT2D eigenvalue weighted by atomic mass is 14.6. The molecule has 0 aliphatic rings. The zero-order valence-electron chi connectivity index (χ0n) is 9.79. The monoisotopic (exact) mass is 203 g/mol. The van der Waals surface area contributed by atoms with Crippen LogP contribution in [0.4, 0.5) is 0 Å². The number of benzene rings is 1. The Balaban J connectivity index is 2.47. The van der Waals surface area contributed by atoms with Crippen LogP contribution >= 0.6 is 0 Å². The van der Waals surface area contributed by atoms with Crippen molar-refractivity contribution in [3.05, 3.63) is 47.5 Å². The van der Waals surface area contributed by atoms with E-state index in [1.807, 2.05) is 0 Å². The van der Waals surface area contributed by atoms with E-state index in [1.54, 1.807) is 0 Å². The summed E-state index contributed by atoms with van der Waals surface area (Å²) in [6, 6.07) is 8.79. The first-order valence-electron chi connectivity index (χ1n) is 5.59. The highest BCUT2D eigenvalue weighted by molar-refractivity contribution is 5.22. The maximum Gasteiger partial charge on any atom is 0.0117 e. The average molecular weight is 203 g/mol. The molecular formula is C14H21N. The van der Waals surface area contributed by atoms with Crippen LogP contribution in [0.25, 0.3) is 0 Å². The molecule has 1 aromatic rings. The summed E-state index contributed by atoms with van der Waals surface area (Å²) >= 11 is 0. The topological polar surface area (TPSA) is 26.0 Å². The van der Waals surface area contributed by atoms with E-state index in [9.17, 15) is 0 Å². The van der Waals surface area contributed by atoms with Gasteiger partial charge in [0.25, 0.3) is 0 Å². The molecule has 1 rings (SSSR count). The normalized spacial score (nSPS) is 12.5. The Morgan fingerprint density at radius 1 is 1.33 bits per heavy atom. The van der Waals surface area contributed by atoms with Gasteiger partial charge in [0.15, 0.2) is 0 Å². The van der Waals surface area contributed by atoms with E-state index in [0.29, 0.717) is 0 Å².